The van der Waals surface area contributed by atoms with Crippen molar-refractivity contribution in [3.05, 3.63) is 64.9 Å². The molecule has 1 N–H and O–H groups in total. The van der Waals surface area contributed by atoms with E-state index in [-0.39, 0.29) is 5.91 Å². The molecule has 3 rings (SSSR count). The van der Waals surface area contributed by atoms with Crippen LogP contribution in [0.3, 0.4) is 0 Å². The van der Waals surface area contributed by atoms with Crippen LogP contribution in [0.2, 0.25) is 0 Å². The number of hydrogen-bond donors (Lipinski definition) is 1. The normalized spacial score (nSPS) is 11.0. The number of nitrogens with zero attached hydrogens (tertiary/aromatic N) is 2. The number of thiazole rings is 1. The van der Waals surface area contributed by atoms with Gasteiger partial charge in [0.15, 0.2) is 9.43 Å². The Morgan fingerprint density at radius 3 is 3.09 bits per heavy atom. The van der Waals surface area contributed by atoms with E-state index in [1.54, 1.807) is 35.7 Å². The molecule has 0 aliphatic heterocycles. The second kappa shape index (κ2) is 7.26. The molecule has 0 radical (unpaired) electrons. The Hall–Kier alpha value is -2.38. The highest BCUT2D eigenvalue weighted by molar-refractivity contribution is 8.00. The van der Waals surface area contributed by atoms with Gasteiger partial charge in [-0.2, -0.15) is 5.10 Å². The zero-order valence-corrected chi connectivity index (χ0v) is 13.9. The first-order chi connectivity index (χ1) is 11.2. The van der Waals surface area contributed by atoms with Crippen molar-refractivity contribution in [1.82, 2.24) is 10.4 Å². The maximum absolute atomic E-state index is 11.9. The van der Waals surface area contributed by atoms with E-state index in [9.17, 15) is 4.79 Å². The zero-order valence-electron chi connectivity index (χ0n) is 12.2. The van der Waals surface area contributed by atoms with Crippen LogP contribution < -0.4 is 5.43 Å². The predicted molar refractivity (Wildman–Crippen MR) is 91.2 cm³/mol. The zero-order chi connectivity index (χ0) is 16.1. The number of hydrogen-bond acceptors (Lipinski definition) is 6. The Kier molecular flexibility index (Phi) is 4.89. The van der Waals surface area contributed by atoms with E-state index >= 15 is 0 Å². The highest BCUT2D eigenvalue weighted by atomic mass is 32.2. The van der Waals surface area contributed by atoms with Gasteiger partial charge in [-0.1, -0.05) is 17.7 Å². The molecule has 0 bridgehead atoms. The number of amides is 1. The van der Waals surface area contributed by atoms with Crippen molar-refractivity contribution in [3.63, 3.8) is 0 Å². The summed E-state index contributed by atoms with van der Waals surface area (Å²) in [7, 11) is 0. The van der Waals surface area contributed by atoms with Crippen LogP contribution >= 0.6 is 23.1 Å². The van der Waals surface area contributed by atoms with Crippen molar-refractivity contribution < 1.29 is 9.21 Å². The monoisotopic (exact) mass is 343 g/mol. The Labute approximate surface area is 141 Å². The van der Waals surface area contributed by atoms with Crippen LogP contribution in [-0.2, 0) is 0 Å². The van der Waals surface area contributed by atoms with E-state index in [4.69, 9.17) is 4.42 Å². The van der Waals surface area contributed by atoms with E-state index in [0.29, 0.717) is 11.3 Å². The van der Waals surface area contributed by atoms with Gasteiger partial charge >= 0.3 is 0 Å². The van der Waals surface area contributed by atoms with Gasteiger partial charge in [-0.15, -0.1) is 11.3 Å². The molecule has 0 spiro atoms. The van der Waals surface area contributed by atoms with Gasteiger partial charge < -0.3 is 4.42 Å². The van der Waals surface area contributed by atoms with Crippen LogP contribution in [0.1, 0.15) is 21.7 Å². The molecule has 116 valence electrons. The fourth-order valence-electron chi connectivity index (χ4n) is 1.81. The molecular formula is C16H13N3O2S2. The first kappa shape index (κ1) is 15.5. The predicted octanol–water partition coefficient (Wildman–Crippen LogP) is 3.96. The molecule has 23 heavy (non-hydrogen) atoms. The summed E-state index contributed by atoms with van der Waals surface area (Å²) in [5.74, 6) is 0.308. The number of aromatic nitrogens is 1. The molecule has 0 saturated carbocycles. The third-order valence-corrected chi connectivity index (χ3v) is 4.64. The molecule has 1 aromatic carbocycles. The SMILES string of the molecule is Cc1cccc(C(=O)N/N=C/c2ccc(Sc3nccs3)o2)c1. The number of furan rings is 1. The average molecular weight is 343 g/mol. The molecular weight excluding hydrogens is 330 g/mol. The lowest BCUT2D eigenvalue weighted by Crippen LogP contribution is -2.17. The molecule has 7 heteroatoms. The van der Waals surface area contributed by atoms with Crippen molar-refractivity contribution >= 4 is 35.2 Å². The van der Waals surface area contributed by atoms with E-state index in [0.717, 1.165) is 15.0 Å². The lowest BCUT2D eigenvalue weighted by atomic mass is 10.1. The summed E-state index contributed by atoms with van der Waals surface area (Å²) >= 11 is 2.99. The van der Waals surface area contributed by atoms with Crippen LogP contribution in [0.15, 0.2) is 66.9 Å². The van der Waals surface area contributed by atoms with E-state index in [1.807, 2.05) is 30.5 Å². The number of carbonyl (C=O) groups excluding carboxylic acids is 1. The van der Waals surface area contributed by atoms with Crippen molar-refractivity contribution in [2.45, 2.75) is 16.4 Å². The minimum absolute atomic E-state index is 0.256. The van der Waals surface area contributed by atoms with Crippen molar-refractivity contribution in [1.29, 1.82) is 0 Å². The van der Waals surface area contributed by atoms with Crippen molar-refractivity contribution in [2.24, 2.45) is 5.10 Å². The molecule has 0 saturated heterocycles. The average Bonchev–Trinajstić information content (AvgIpc) is 3.20. The Balaban J connectivity index is 1.58. The summed E-state index contributed by atoms with van der Waals surface area (Å²) in [5, 5.41) is 6.56. The maximum atomic E-state index is 11.9. The Bertz CT molecular complexity index is 825. The van der Waals surface area contributed by atoms with E-state index in [2.05, 4.69) is 15.5 Å². The maximum Gasteiger partial charge on any atom is 0.271 e. The van der Waals surface area contributed by atoms with E-state index in [1.165, 1.54) is 18.0 Å². The van der Waals surface area contributed by atoms with Crippen LogP contribution in [-0.4, -0.2) is 17.1 Å². The standard InChI is InChI=1S/C16H13N3O2S2/c1-11-3-2-4-12(9-11)15(20)19-18-10-13-5-6-14(21-13)23-16-17-7-8-22-16/h2-10H,1H3,(H,19,20)/b18-10+. The topological polar surface area (TPSA) is 67.5 Å². The summed E-state index contributed by atoms with van der Waals surface area (Å²) in [6.45, 7) is 1.94. The minimum atomic E-state index is -0.256. The third-order valence-electron chi connectivity index (χ3n) is 2.84. The van der Waals surface area contributed by atoms with Crippen LogP contribution in [0, 0.1) is 6.92 Å². The summed E-state index contributed by atoms with van der Waals surface area (Å²) < 4.78 is 6.51. The third kappa shape index (κ3) is 4.30. The summed E-state index contributed by atoms with van der Waals surface area (Å²) in [6.07, 6.45) is 3.22. The summed E-state index contributed by atoms with van der Waals surface area (Å²) in [6, 6.07) is 11.0. The molecule has 2 aromatic heterocycles. The van der Waals surface area contributed by atoms with E-state index < -0.39 is 0 Å². The summed E-state index contributed by atoms with van der Waals surface area (Å²) in [4.78, 5) is 16.1. The number of aryl methyl sites for hydroxylation is 1. The van der Waals surface area contributed by atoms with Gasteiger partial charge in [0.05, 0.1) is 6.21 Å². The lowest BCUT2D eigenvalue weighted by molar-refractivity contribution is 0.0955. The molecule has 2 heterocycles. The first-order valence-corrected chi connectivity index (χ1v) is 8.47. The number of nitrogens with one attached hydrogen (secondary N) is 1. The van der Waals surface area contributed by atoms with Gasteiger partial charge in [0.1, 0.15) is 5.76 Å². The van der Waals surface area contributed by atoms with Gasteiger partial charge in [0.25, 0.3) is 5.91 Å². The fraction of sp³-hybridized carbons (Fsp3) is 0.0625. The number of benzene rings is 1. The van der Waals surface area contributed by atoms with Gasteiger partial charge in [-0.3, -0.25) is 4.79 Å². The molecule has 0 fully saturated rings. The second-order valence-corrected chi connectivity index (χ2v) is 6.77. The van der Waals surface area contributed by atoms with Crippen molar-refractivity contribution in [3.8, 4) is 0 Å². The first-order valence-electron chi connectivity index (χ1n) is 6.78. The smallest absolute Gasteiger partial charge is 0.271 e. The number of hydrazone groups is 1. The van der Waals surface area contributed by atoms with Gasteiger partial charge in [-0.05, 0) is 43.0 Å². The van der Waals surface area contributed by atoms with Gasteiger partial charge in [0.2, 0.25) is 0 Å². The summed E-state index contributed by atoms with van der Waals surface area (Å²) in [5.41, 5.74) is 4.08. The van der Waals surface area contributed by atoms with Gasteiger partial charge in [-0.25, -0.2) is 10.4 Å². The van der Waals surface area contributed by atoms with Crippen LogP contribution in [0.5, 0.6) is 0 Å². The molecule has 1 amide bonds. The van der Waals surface area contributed by atoms with Crippen molar-refractivity contribution in [2.75, 3.05) is 0 Å². The Morgan fingerprint density at radius 2 is 2.30 bits per heavy atom. The Morgan fingerprint density at radius 1 is 1.39 bits per heavy atom. The minimum Gasteiger partial charge on any atom is -0.448 e. The highest BCUT2D eigenvalue weighted by Gasteiger charge is 2.06. The molecule has 0 atom stereocenters. The van der Waals surface area contributed by atoms with Crippen LogP contribution in [0.4, 0.5) is 0 Å². The molecule has 5 nitrogen and oxygen atoms in total. The molecule has 0 aliphatic carbocycles. The quantitative estimate of drug-likeness (QED) is 0.562. The lowest BCUT2D eigenvalue weighted by Gasteiger charge is -2.00. The molecule has 0 aliphatic rings. The number of rotatable bonds is 5. The second-order valence-electron chi connectivity index (χ2n) is 4.63. The van der Waals surface area contributed by atoms with Gasteiger partial charge in [0, 0.05) is 17.1 Å². The largest absolute Gasteiger partial charge is 0.448 e. The fourth-order valence-corrected chi connectivity index (χ4v) is 3.34. The number of carbonyl (C=O) groups is 1. The molecule has 0 unspecified atom stereocenters. The molecule has 3 aromatic rings. The van der Waals surface area contributed by atoms with Crippen LogP contribution in [0.25, 0.3) is 0 Å². The highest BCUT2D eigenvalue weighted by Crippen LogP contribution is 2.30.